The molecule has 1 aromatic heterocycles. The second-order valence-corrected chi connectivity index (χ2v) is 5.69. The van der Waals surface area contributed by atoms with Gasteiger partial charge in [-0.15, -0.1) is 0 Å². The summed E-state index contributed by atoms with van der Waals surface area (Å²) in [6.07, 6.45) is 0. The number of pyridine rings is 1. The van der Waals surface area contributed by atoms with Crippen LogP contribution in [0.2, 0.25) is 0 Å². The summed E-state index contributed by atoms with van der Waals surface area (Å²) in [6.45, 7) is 2.41. The minimum atomic E-state index is -0.672. The molecule has 1 saturated heterocycles. The van der Waals surface area contributed by atoms with Gasteiger partial charge >= 0.3 is 0 Å². The molecule has 2 aromatic rings. The molecule has 24 heavy (non-hydrogen) atoms. The van der Waals surface area contributed by atoms with E-state index in [2.05, 4.69) is 10.3 Å². The molecule has 1 N–H and O–H groups in total. The number of aromatic nitrogens is 1. The minimum Gasteiger partial charge on any atom is -0.369 e. The van der Waals surface area contributed by atoms with Gasteiger partial charge in [0, 0.05) is 12.2 Å². The maximum atomic E-state index is 12.6. The zero-order valence-electron chi connectivity index (χ0n) is 13.4. The molecule has 6 heteroatoms. The third-order valence-corrected chi connectivity index (χ3v) is 3.84. The zero-order valence-corrected chi connectivity index (χ0v) is 13.4. The number of anilines is 1. The Morgan fingerprint density at radius 3 is 2.79 bits per heavy atom. The van der Waals surface area contributed by atoms with Crippen molar-refractivity contribution in [3.05, 3.63) is 59.8 Å². The lowest BCUT2D eigenvalue weighted by Crippen LogP contribution is -2.54. The summed E-state index contributed by atoms with van der Waals surface area (Å²) in [6, 6.07) is 14.3. The van der Waals surface area contributed by atoms with Crippen molar-refractivity contribution in [1.29, 1.82) is 0 Å². The lowest BCUT2D eigenvalue weighted by atomic mass is 10.1. The van der Waals surface area contributed by atoms with Gasteiger partial charge in [-0.2, -0.15) is 0 Å². The Morgan fingerprint density at radius 1 is 1.25 bits per heavy atom. The van der Waals surface area contributed by atoms with Gasteiger partial charge in [-0.3, -0.25) is 9.59 Å². The van der Waals surface area contributed by atoms with Crippen LogP contribution in [0.25, 0.3) is 0 Å². The molecular weight excluding hydrogens is 306 g/mol. The Bertz CT molecular complexity index is 733. The molecule has 1 unspecified atom stereocenters. The first-order chi connectivity index (χ1) is 11.6. The van der Waals surface area contributed by atoms with Crippen molar-refractivity contribution < 1.29 is 14.3 Å². The maximum Gasteiger partial charge on any atom is 0.250 e. The van der Waals surface area contributed by atoms with Crippen molar-refractivity contribution in [2.45, 2.75) is 19.5 Å². The molecule has 1 fully saturated rings. The summed E-state index contributed by atoms with van der Waals surface area (Å²) in [4.78, 5) is 30.6. The fourth-order valence-electron chi connectivity index (χ4n) is 2.62. The van der Waals surface area contributed by atoms with Gasteiger partial charge < -0.3 is 15.0 Å². The highest BCUT2D eigenvalue weighted by Crippen LogP contribution is 2.15. The average molecular weight is 325 g/mol. The lowest BCUT2D eigenvalue weighted by molar-refractivity contribution is -0.154. The number of amides is 2. The lowest BCUT2D eigenvalue weighted by Gasteiger charge is -2.34. The van der Waals surface area contributed by atoms with Gasteiger partial charge in [0.1, 0.15) is 18.5 Å². The Hall–Kier alpha value is -2.73. The smallest absolute Gasteiger partial charge is 0.250 e. The highest BCUT2D eigenvalue weighted by molar-refractivity contribution is 5.97. The molecule has 2 heterocycles. The molecule has 1 aliphatic rings. The number of nitrogens with zero attached hydrogens (tertiary/aromatic N) is 2. The first kappa shape index (κ1) is 16.1. The van der Waals surface area contributed by atoms with Gasteiger partial charge in [0.15, 0.2) is 0 Å². The Labute approximate surface area is 140 Å². The number of benzene rings is 1. The first-order valence-corrected chi connectivity index (χ1v) is 7.79. The maximum absolute atomic E-state index is 12.6. The van der Waals surface area contributed by atoms with Gasteiger partial charge in [0.05, 0.1) is 6.61 Å². The van der Waals surface area contributed by atoms with E-state index in [-0.39, 0.29) is 25.0 Å². The van der Waals surface area contributed by atoms with Crippen molar-refractivity contribution in [3.63, 3.8) is 0 Å². The largest absolute Gasteiger partial charge is 0.369 e. The van der Waals surface area contributed by atoms with E-state index in [9.17, 15) is 9.59 Å². The van der Waals surface area contributed by atoms with Crippen LogP contribution in [0.1, 0.15) is 11.3 Å². The van der Waals surface area contributed by atoms with Crippen LogP contribution in [0.5, 0.6) is 0 Å². The summed E-state index contributed by atoms with van der Waals surface area (Å²) in [7, 11) is 0. The third kappa shape index (κ3) is 3.78. The summed E-state index contributed by atoms with van der Waals surface area (Å²) in [5, 5.41) is 2.76. The predicted molar refractivity (Wildman–Crippen MR) is 89.2 cm³/mol. The molecule has 2 amide bonds. The fraction of sp³-hybridized carbons (Fsp3) is 0.278. The van der Waals surface area contributed by atoms with Crippen LogP contribution in [0.15, 0.2) is 48.5 Å². The summed E-state index contributed by atoms with van der Waals surface area (Å²) >= 11 is 0. The normalized spacial score (nSPS) is 17.6. The molecule has 0 saturated carbocycles. The number of carbonyl (C=O) groups excluding carboxylic acids is 2. The number of aryl methyl sites for hydroxylation is 1. The molecular formula is C18H19N3O3. The molecule has 0 aliphatic carbocycles. The fourth-order valence-corrected chi connectivity index (χ4v) is 2.62. The predicted octanol–water partition coefficient (Wildman–Crippen LogP) is 1.76. The van der Waals surface area contributed by atoms with E-state index in [1.807, 2.05) is 49.4 Å². The SMILES string of the molecule is Cc1cccc(NC(=O)C2COCC(=O)N2Cc2ccccc2)n1. The van der Waals surface area contributed by atoms with Crippen molar-refractivity contribution in [1.82, 2.24) is 9.88 Å². The van der Waals surface area contributed by atoms with E-state index < -0.39 is 6.04 Å². The quantitative estimate of drug-likeness (QED) is 0.930. The van der Waals surface area contributed by atoms with Crippen molar-refractivity contribution in [2.24, 2.45) is 0 Å². The average Bonchev–Trinajstić information content (AvgIpc) is 2.57. The second kappa shape index (κ2) is 7.23. The Morgan fingerprint density at radius 2 is 2.04 bits per heavy atom. The molecule has 124 valence electrons. The first-order valence-electron chi connectivity index (χ1n) is 7.79. The number of hydrogen-bond donors (Lipinski definition) is 1. The number of nitrogens with one attached hydrogen (secondary N) is 1. The van der Waals surface area contributed by atoms with Crippen LogP contribution in [0.3, 0.4) is 0 Å². The summed E-state index contributed by atoms with van der Waals surface area (Å²) < 4.78 is 5.27. The number of carbonyl (C=O) groups is 2. The summed E-state index contributed by atoms with van der Waals surface area (Å²) in [5.74, 6) is -0.0165. The Balaban J connectivity index is 1.75. The number of morpholine rings is 1. The van der Waals surface area contributed by atoms with E-state index in [1.165, 1.54) is 0 Å². The summed E-state index contributed by atoms with van der Waals surface area (Å²) in [5.41, 5.74) is 1.78. The van der Waals surface area contributed by atoms with Crippen molar-refractivity contribution in [2.75, 3.05) is 18.5 Å². The van der Waals surface area contributed by atoms with Crippen LogP contribution in [-0.4, -0.2) is 41.0 Å². The van der Waals surface area contributed by atoms with Gasteiger partial charge in [-0.1, -0.05) is 36.4 Å². The van der Waals surface area contributed by atoms with Gasteiger partial charge in [-0.05, 0) is 24.6 Å². The highest BCUT2D eigenvalue weighted by atomic mass is 16.5. The van der Waals surface area contributed by atoms with E-state index in [1.54, 1.807) is 11.0 Å². The molecule has 1 aliphatic heterocycles. The number of ether oxygens (including phenoxy) is 1. The van der Waals surface area contributed by atoms with E-state index in [0.717, 1.165) is 11.3 Å². The molecule has 0 spiro atoms. The van der Waals surface area contributed by atoms with Crippen LogP contribution >= 0.6 is 0 Å². The van der Waals surface area contributed by atoms with Crippen LogP contribution in [0.4, 0.5) is 5.82 Å². The van der Waals surface area contributed by atoms with Crippen LogP contribution in [-0.2, 0) is 20.9 Å². The minimum absolute atomic E-state index is 0.000686. The molecule has 0 radical (unpaired) electrons. The molecule has 1 aromatic carbocycles. The van der Waals surface area contributed by atoms with Crippen molar-refractivity contribution >= 4 is 17.6 Å². The second-order valence-electron chi connectivity index (χ2n) is 5.69. The number of rotatable bonds is 4. The molecule has 6 nitrogen and oxygen atoms in total. The van der Waals surface area contributed by atoms with Gasteiger partial charge in [-0.25, -0.2) is 4.98 Å². The van der Waals surface area contributed by atoms with Crippen LogP contribution in [0, 0.1) is 6.92 Å². The van der Waals surface area contributed by atoms with E-state index in [4.69, 9.17) is 4.74 Å². The molecule has 0 bridgehead atoms. The molecule has 3 rings (SSSR count). The van der Waals surface area contributed by atoms with Gasteiger partial charge in [0.2, 0.25) is 5.91 Å². The standard InChI is InChI=1S/C18H19N3O3/c1-13-6-5-9-16(19-13)20-18(23)15-11-24-12-17(22)21(15)10-14-7-3-2-4-8-14/h2-9,15H,10-12H2,1H3,(H,19,20,23). The zero-order chi connectivity index (χ0) is 16.9. The van der Waals surface area contributed by atoms with Gasteiger partial charge in [0.25, 0.3) is 5.91 Å². The topological polar surface area (TPSA) is 71.5 Å². The van der Waals surface area contributed by atoms with Crippen LogP contribution < -0.4 is 5.32 Å². The highest BCUT2D eigenvalue weighted by Gasteiger charge is 2.34. The van der Waals surface area contributed by atoms with E-state index in [0.29, 0.717) is 12.4 Å². The van der Waals surface area contributed by atoms with E-state index >= 15 is 0 Å². The Kier molecular flexibility index (Phi) is 4.86. The third-order valence-electron chi connectivity index (χ3n) is 3.84. The molecule has 1 atom stereocenters. The van der Waals surface area contributed by atoms with Crippen molar-refractivity contribution in [3.8, 4) is 0 Å². The number of hydrogen-bond acceptors (Lipinski definition) is 4. The monoisotopic (exact) mass is 325 g/mol.